The van der Waals surface area contributed by atoms with Gasteiger partial charge in [0.15, 0.2) is 5.75 Å². The first kappa shape index (κ1) is 14.4. The van der Waals surface area contributed by atoms with Crippen molar-refractivity contribution in [2.24, 2.45) is 0 Å². The van der Waals surface area contributed by atoms with Crippen molar-refractivity contribution in [2.45, 2.75) is 45.1 Å². The molecule has 1 aromatic heterocycles. The third kappa shape index (κ3) is 3.92. The van der Waals surface area contributed by atoms with Crippen molar-refractivity contribution in [3.8, 4) is 5.75 Å². The number of methoxy groups -OCH3 is 1. The first-order valence-corrected chi connectivity index (χ1v) is 6.79. The Labute approximate surface area is 107 Å². The Bertz CT molecular complexity index is 336. The van der Waals surface area contributed by atoms with Gasteiger partial charge in [-0.3, -0.25) is 4.68 Å². The molecule has 1 aromatic rings. The normalized spacial score (nSPS) is 13.8. The van der Waals surface area contributed by atoms with Gasteiger partial charge >= 0.3 is 0 Å². The Morgan fingerprint density at radius 2 is 2.18 bits per heavy atom. The van der Waals surface area contributed by atoms with Crippen LogP contribution in [-0.2, 0) is 6.54 Å². The molecule has 0 saturated carbocycles. The van der Waals surface area contributed by atoms with Gasteiger partial charge in [-0.25, -0.2) is 0 Å². The number of hydrogen-bond acceptors (Lipinski definition) is 4. The van der Waals surface area contributed by atoms with Crippen molar-refractivity contribution >= 4 is 11.8 Å². The quantitative estimate of drug-likeness (QED) is 0.881. The first-order chi connectivity index (χ1) is 7.89. The van der Waals surface area contributed by atoms with E-state index in [1.165, 1.54) is 0 Å². The van der Waals surface area contributed by atoms with Crippen LogP contribution < -0.4 is 4.74 Å². The van der Waals surface area contributed by atoms with Crippen LogP contribution in [-0.4, -0.2) is 32.5 Å². The minimum atomic E-state index is -0.545. The molecule has 5 heteroatoms. The van der Waals surface area contributed by atoms with E-state index in [-0.39, 0.29) is 4.75 Å². The maximum absolute atomic E-state index is 10.2. The summed E-state index contributed by atoms with van der Waals surface area (Å²) < 4.78 is 7.16. The maximum Gasteiger partial charge on any atom is 0.162 e. The van der Waals surface area contributed by atoms with Crippen LogP contribution in [0.1, 0.15) is 39.5 Å². The van der Waals surface area contributed by atoms with Crippen LogP contribution >= 0.6 is 11.8 Å². The summed E-state index contributed by atoms with van der Waals surface area (Å²) in [7, 11) is 1.60. The van der Waals surface area contributed by atoms with Gasteiger partial charge in [0.1, 0.15) is 11.8 Å². The fourth-order valence-corrected chi connectivity index (χ4v) is 2.35. The molecule has 0 spiro atoms. The Balaban J connectivity index is 2.79. The lowest BCUT2D eigenvalue weighted by Gasteiger charge is -2.21. The van der Waals surface area contributed by atoms with Gasteiger partial charge in [0, 0.05) is 17.0 Å². The Morgan fingerprint density at radius 3 is 2.65 bits per heavy atom. The zero-order valence-electron chi connectivity index (χ0n) is 11.2. The molecule has 0 aromatic carbocycles. The summed E-state index contributed by atoms with van der Waals surface area (Å²) in [6.07, 6.45) is 1.11. The van der Waals surface area contributed by atoms with Crippen molar-refractivity contribution in [2.75, 3.05) is 12.9 Å². The number of aliphatic hydroxyl groups excluding tert-OH is 1. The number of hydrogen-bond donors (Lipinski definition) is 1. The highest BCUT2D eigenvalue weighted by Crippen LogP contribution is 2.32. The van der Waals surface area contributed by atoms with Crippen LogP contribution in [0.2, 0.25) is 0 Å². The van der Waals surface area contributed by atoms with Gasteiger partial charge in [-0.15, -0.1) is 0 Å². The predicted octanol–water partition coefficient (Wildman–Crippen LogP) is 2.48. The first-order valence-electron chi connectivity index (χ1n) is 5.80. The second-order valence-electron chi connectivity index (χ2n) is 4.85. The van der Waals surface area contributed by atoms with Crippen LogP contribution in [0.5, 0.6) is 5.75 Å². The van der Waals surface area contributed by atoms with Crippen LogP contribution in [0.4, 0.5) is 0 Å². The second-order valence-corrected chi connectivity index (χ2v) is 6.70. The van der Waals surface area contributed by atoms with Gasteiger partial charge in [0.05, 0.1) is 13.3 Å². The zero-order valence-corrected chi connectivity index (χ0v) is 12.0. The molecule has 0 fully saturated rings. The van der Waals surface area contributed by atoms with Gasteiger partial charge in [-0.1, -0.05) is 20.8 Å². The summed E-state index contributed by atoms with van der Waals surface area (Å²) in [6.45, 7) is 9.14. The minimum absolute atomic E-state index is 0.144. The van der Waals surface area contributed by atoms with Crippen molar-refractivity contribution in [3.63, 3.8) is 0 Å². The van der Waals surface area contributed by atoms with Crippen molar-refractivity contribution < 1.29 is 9.84 Å². The lowest BCUT2D eigenvalue weighted by Crippen LogP contribution is -2.15. The highest BCUT2D eigenvalue weighted by atomic mass is 32.2. The van der Waals surface area contributed by atoms with E-state index in [1.807, 2.05) is 6.92 Å². The molecule has 1 atom stereocenters. The van der Waals surface area contributed by atoms with E-state index in [4.69, 9.17) is 4.74 Å². The summed E-state index contributed by atoms with van der Waals surface area (Å²) in [4.78, 5) is 0. The Hall–Kier alpha value is -0.680. The molecule has 1 unspecified atom stereocenters. The molecular formula is C12H22N2O2S. The number of aliphatic hydroxyl groups is 1. The molecule has 17 heavy (non-hydrogen) atoms. The average molecular weight is 258 g/mol. The van der Waals surface area contributed by atoms with Gasteiger partial charge in [-0.05, 0) is 6.92 Å². The molecule has 1 heterocycles. The molecule has 0 aliphatic heterocycles. The van der Waals surface area contributed by atoms with Crippen molar-refractivity contribution in [3.05, 3.63) is 11.9 Å². The SMILES string of the molecule is CCn1ncc(OC)c1C(O)CSC(C)(C)C. The minimum Gasteiger partial charge on any atom is -0.493 e. The van der Waals surface area contributed by atoms with E-state index in [0.29, 0.717) is 11.5 Å². The summed E-state index contributed by atoms with van der Waals surface area (Å²) in [5.74, 6) is 1.31. The number of ether oxygens (including phenoxy) is 1. The lowest BCUT2D eigenvalue weighted by atomic mass is 10.2. The van der Waals surface area contributed by atoms with Crippen molar-refractivity contribution in [1.29, 1.82) is 0 Å². The molecule has 0 radical (unpaired) electrons. The average Bonchev–Trinajstić information content (AvgIpc) is 2.67. The third-order valence-electron chi connectivity index (χ3n) is 2.35. The van der Waals surface area contributed by atoms with Gasteiger partial charge in [0.2, 0.25) is 0 Å². The molecule has 0 aliphatic carbocycles. The van der Waals surface area contributed by atoms with Crippen molar-refractivity contribution in [1.82, 2.24) is 9.78 Å². The van der Waals surface area contributed by atoms with E-state index in [0.717, 1.165) is 12.2 Å². The number of thioether (sulfide) groups is 1. The van der Waals surface area contributed by atoms with Gasteiger partial charge in [0.25, 0.3) is 0 Å². The molecule has 1 rings (SSSR count). The summed E-state index contributed by atoms with van der Waals surface area (Å²) in [5, 5.41) is 14.4. The van der Waals surface area contributed by atoms with Crippen LogP contribution in [0.3, 0.4) is 0 Å². The molecule has 4 nitrogen and oxygen atoms in total. The van der Waals surface area contributed by atoms with Gasteiger partial charge in [-0.2, -0.15) is 16.9 Å². The van der Waals surface area contributed by atoms with Crippen LogP contribution in [0.15, 0.2) is 6.20 Å². The van der Waals surface area contributed by atoms with E-state index < -0.39 is 6.10 Å². The number of aryl methyl sites for hydroxylation is 1. The largest absolute Gasteiger partial charge is 0.493 e. The van der Waals surface area contributed by atoms with E-state index in [9.17, 15) is 5.11 Å². The molecule has 0 bridgehead atoms. The van der Waals surface area contributed by atoms with E-state index in [2.05, 4.69) is 25.9 Å². The summed E-state index contributed by atoms with van der Waals surface area (Å²) in [6, 6.07) is 0. The number of rotatable bonds is 5. The highest BCUT2D eigenvalue weighted by molar-refractivity contribution is 8.00. The predicted molar refractivity (Wildman–Crippen MR) is 71.6 cm³/mol. The van der Waals surface area contributed by atoms with Crippen LogP contribution in [0.25, 0.3) is 0 Å². The molecule has 0 aliphatic rings. The lowest BCUT2D eigenvalue weighted by molar-refractivity contribution is 0.187. The fourth-order valence-electron chi connectivity index (χ4n) is 1.53. The maximum atomic E-state index is 10.2. The summed E-state index contributed by atoms with van der Waals surface area (Å²) >= 11 is 1.73. The highest BCUT2D eigenvalue weighted by Gasteiger charge is 2.21. The zero-order chi connectivity index (χ0) is 13.1. The summed E-state index contributed by atoms with van der Waals surface area (Å²) in [5.41, 5.74) is 0.770. The Kier molecular flexibility index (Phi) is 4.89. The molecule has 98 valence electrons. The molecule has 0 saturated heterocycles. The molecular weight excluding hydrogens is 236 g/mol. The monoisotopic (exact) mass is 258 g/mol. The van der Waals surface area contributed by atoms with E-state index >= 15 is 0 Å². The van der Waals surface area contributed by atoms with Gasteiger partial charge < -0.3 is 9.84 Å². The molecule has 0 amide bonds. The second kappa shape index (κ2) is 5.78. The number of nitrogens with zero attached hydrogens (tertiary/aromatic N) is 2. The van der Waals surface area contributed by atoms with E-state index in [1.54, 1.807) is 29.8 Å². The smallest absolute Gasteiger partial charge is 0.162 e. The Morgan fingerprint density at radius 1 is 1.53 bits per heavy atom. The molecule has 1 N–H and O–H groups in total. The third-order valence-corrected chi connectivity index (χ3v) is 3.70. The topological polar surface area (TPSA) is 47.3 Å². The standard InChI is InChI=1S/C12H22N2O2S/c1-6-14-11(10(16-5)7-13-14)9(15)8-17-12(2,3)4/h7,9,15H,6,8H2,1-5H3. The fraction of sp³-hybridized carbons (Fsp3) is 0.750. The number of aromatic nitrogens is 2. The van der Waals surface area contributed by atoms with Crippen LogP contribution in [0, 0.1) is 0 Å².